The molecule has 3 rings (SSSR count). The van der Waals surface area contributed by atoms with Crippen molar-refractivity contribution in [3.63, 3.8) is 0 Å². The largest absolute Gasteiger partial charge is 0.316 e. The van der Waals surface area contributed by atoms with Gasteiger partial charge in [0.05, 0.1) is 25.8 Å². The van der Waals surface area contributed by atoms with Crippen LogP contribution in [-0.4, -0.2) is 51.3 Å². The van der Waals surface area contributed by atoms with Crippen molar-refractivity contribution in [3.8, 4) is 0 Å². The minimum Gasteiger partial charge on any atom is -0.316 e. The summed E-state index contributed by atoms with van der Waals surface area (Å²) in [6, 6.07) is 10.7. The maximum absolute atomic E-state index is 12.8. The van der Waals surface area contributed by atoms with Gasteiger partial charge in [-0.15, -0.1) is 0 Å². The van der Waals surface area contributed by atoms with E-state index in [0.717, 1.165) is 17.5 Å². The van der Waals surface area contributed by atoms with Gasteiger partial charge >= 0.3 is 0 Å². The number of hydrogen-bond donors (Lipinski definition) is 0. The SMILES string of the molecule is CCS(=O)(=O)c1cccc(C(=O)N=c2sc3cc(S(C)(=O)=O)ccc3n2CCSC)c1. The smallest absolute Gasteiger partial charge is 0.279 e. The second kappa shape index (κ2) is 9.27. The van der Waals surface area contributed by atoms with Crippen LogP contribution in [0, 0.1) is 0 Å². The molecule has 0 aliphatic heterocycles. The lowest BCUT2D eigenvalue weighted by Crippen LogP contribution is -2.18. The monoisotopic (exact) mass is 498 g/mol. The highest BCUT2D eigenvalue weighted by Crippen LogP contribution is 2.22. The first kappa shape index (κ1) is 23.7. The fraction of sp³-hybridized carbons (Fsp3) is 0.300. The summed E-state index contributed by atoms with van der Waals surface area (Å²) in [5.41, 5.74) is 0.973. The predicted octanol–water partition coefficient (Wildman–Crippen LogP) is 3.00. The lowest BCUT2D eigenvalue weighted by molar-refractivity contribution is 0.0997. The van der Waals surface area contributed by atoms with E-state index in [1.54, 1.807) is 36.9 Å². The van der Waals surface area contributed by atoms with Gasteiger partial charge in [-0.3, -0.25) is 4.79 Å². The van der Waals surface area contributed by atoms with Crippen LogP contribution in [0.15, 0.2) is 57.2 Å². The van der Waals surface area contributed by atoms with E-state index < -0.39 is 25.6 Å². The number of aromatic nitrogens is 1. The summed E-state index contributed by atoms with van der Waals surface area (Å²) in [4.78, 5) is 17.8. The Labute approximate surface area is 189 Å². The van der Waals surface area contributed by atoms with Crippen LogP contribution in [-0.2, 0) is 26.2 Å². The summed E-state index contributed by atoms with van der Waals surface area (Å²) in [6.45, 7) is 2.14. The number of thioether (sulfide) groups is 1. The second-order valence-corrected chi connectivity index (χ2v) is 13.1. The van der Waals surface area contributed by atoms with Crippen molar-refractivity contribution in [1.29, 1.82) is 0 Å². The van der Waals surface area contributed by atoms with E-state index >= 15 is 0 Å². The average Bonchev–Trinajstić information content (AvgIpc) is 3.07. The molecule has 1 amide bonds. The number of aryl methyl sites for hydroxylation is 1. The van der Waals surface area contributed by atoms with Crippen molar-refractivity contribution in [2.24, 2.45) is 4.99 Å². The highest BCUT2D eigenvalue weighted by Gasteiger charge is 2.16. The number of fused-ring (bicyclic) bond motifs is 1. The van der Waals surface area contributed by atoms with Gasteiger partial charge in [0.25, 0.3) is 5.91 Å². The van der Waals surface area contributed by atoms with Gasteiger partial charge in [0, 0.05) is 24.1 Å². The molecule has 1 aromatic heterocycles. The molecule has 166 valence electrons. The number of sulfone groups is 2. The van der Waals surface area contributed by atoms with Crippen LogP contribution in [0.3, 0.4) is 0 Å². The standard InChI is InChI=1S/C20H22N2O5S4/c1-4-31(26,27)16-7-5-6-14(12-16)19(23)21-20-22(10-11-28-2)17-9-8-15(30(3,24)25)13-18(17)29-20/h5-9,12-13H,4,10-11H2,1-3H3. The first-order valence-electron chi connectivity index (χ1n) is 9.31. The van der Waals surface area contributed by atoms with Crippen LogP contribution >= 0.6 is 23.1 Å². The zero-order valence-corrected chi connectivity index (χ0v) is 20.5. The van der Waals surface area contributed by atoms with Gasteiger partial charge in [-0.2, -0.15) is 16.8 Å². The molecule has 0 aliphatic carbocycles. The number of benzene rings is 2. The maximum atomic E-state index is 12.8. The number of carbonyl (C=O) groups excluding carboxylic acids is 1. The van der Waals surface area contributed by atoms with Crippen molar-refractivity contribution < 1.29 is 21.6 Å². The fourth-order valence-corrected chi connectivity index (χ4v) is 6.02. The normalized spacial score (nSPS) is 13.1. The number of amides is 1. The molecule has 0 radical (unpaired) electrons. The summed E-state index contributed by atoms with van der Waals surface area (Å²) in [5.74, 6) is 0.168. The molecular formula is C20H22N2O5S4. The predicted molar refractivity (Wildman–Crippen MR) is 125 cm³/mol. The van der Waals surface area contributed by atoms with Crippen LogP contribution in [0.5, 0.6) is 0 Å². The number of hydrogen-bond acceptors (Lipinski definition) is 7. The van der Waals surface area contributed by atoms with Crippen molar-refractivity contribution in [1.82, 2.24) is 4.57 Å². The van der Waals surface area contributed by atoms with Crippen molar-refractivity contribution in [3.05, 3.63) is 52.8 Å². The summed E-state index contributed by atoms with van der Waals surface area (Å²) in [5, 5.41) is 0. The molecule has 0 N–H and O–H groups in total. The molecule has 31 heavy (non-hydrogen) atoms. The Morgan fingerprint density at radius 3 is 2.48 bits per heavy atom. The Hall–Kier alpha value is -1.95. The molecule has 0 spiro atoms. The molecule has 0 saturated heterocycles. The Bertz CT molecular complexity index is 1420. The van der Waals surface area contributed by atoms with E-state index in [2.05, 4.69) is 4.99 Å². The van der Waals surface area contributed by atoms with E-state index in [-0.39, 0.29) is 21.1 Å². The molecule has 0 aliphatic rings. The van der Waals surface area contributed by atoms with E-state index in [1.165, 1.54) is 35.6 Å². The van der Waals surface area contributed by atoms with Gasteiger partial charge in [0.1, 0.15) is 0 Å². The molecule has 2 aromatic carbocycles. The minimum atomic E-state index is -3.44. The van der Waals surface area contributed by atoms with Gasteiger partial charge in [-0.05, 0) is 42.7 Å². The molecule has 0 bridgehead atoms. The molecule has 11 heteroatoms. The number of carbonyl (C=O) groups is 1. The zero-order chi connectivity index (χ0) is 22.8. The first-order chi connectivity index (χ1) is 14.6. The van der Waals surface area contributed by atoms with Crippen LogP contribution in [0.2, 0.25) is 0 Å². The van der Waals surface area contributed by atoms with Gasteiger partial charge in [0.15, 0.2) is 24.5 Å². The molecule has 0 fully saturated rings. The summed E-state index contributed by atoms with van der Waals surface area (Å²) in [7, 11) is -6.81. The summed E-state index contributed by atoms with van der Waals surface area (Å²) < 4.78 is 50.7. The van der Waals surface area contributed by atoms with Gasteiger partial charge < -0.3 is 4.57 Å². The molecule has 0 unspecified atom stereocenters. The molecule has 1 heterocycles. The number of nitrogens with zero attached hydrogens (tertiary/aromatic N) is 2. The molecule has 3 aromatic rings. The molecule has 0 saturated carbocycles. The quantitative estimate of drug-likeness (QED) is 0.496. The topological polar surface area (TPSA) is 103 Å². The van der Waals surface area contributed by atoms with Crippen LogP contribution in [0.25, 0.3) is 10.2 Å². The Morgan fingerprint density at radius 2 is 1.84 bits per heavy atom. The van der Waals surface area contributed by atoms with Crippen molar-refractivity contribution >= 4 is 58.9 Å². The van der Waals surface area contributed by atoms with E-state index in [4.69, 9.17) is 0 Å². The van der Waals surface area contributed by atoms with E-state index in [0.29, 0.717) is 16.0 Å². The summed E-state index contributed by atoms with van der Waals surface area (Å²) >= 11 is 2.87. The summed E-state index contributed by atoms with van der Waals surface area (Å²) in [6.07, 6.45) is 3.12. The second-order valence-electron chi connectivity index (χ2n) is 6.78. The Morgan fingerprint density at radius 1 is 1.10 bits per heavy atom. The van der Waals surface area contributed by atoms with Crippen LogP contribution in [0.4, 0.5) is 0 Å². The third-order valence-corrected chi connectivity index (χ3v) is 9.09. The van der Waals surface area contributed by atoms with Gasteiger partial charge in [0.2, 0.25) is 0 Å². The van der Waals surface area contributed by atoms with Crippen LogP contribution < -0.4 is 4.80 Å². The van der Waals surface area contributed by atoms with E-state index in [9.17, 15) is 21.6 Å². The molecule has 7 nitrogen and oxygen atoms in total. The lowest BCUT2D eigenvalue weighted by atomic mass is 10.2. The highest BCUT2D eigenvalue weighted by molar-refractivity contribution is 7.98. The molecular weight excluding hydrogens is 476 g/mol. The average molecular weight is 499 g/mol. The molecule has 0 atom stereocenters. The zero-order valence-electron chi connectivity index (χ0n) is 17.2. The Balaban J connectivity index is 2.14. The Kier molecular flexibility index (Phi) is 7.09. The van der Waals surface area contributed by atoms with Gasteiger partial charge in [-0.25, -0.2) is 16.8 Å². The van der Waals surface area contributed by atoms with Crippen molar-refractivity contribution in [2.75, 3.05) is 24.0 Å². The fourth-order valence-electron chi connectivity index (χ4n) is 2.91. The van der Waals surface area contributed by atoms with Gasteiger partial charge in [-0.1, -0.05) is 24.3 Å². The third kappa shape index (κ3) is 5.28. The third-order valence-electron chi connectivity index (χ3n) is 4.62. The van der Waals surface area contributed by atoms with Crippen LogP contribution in [0.1, 0.15) is 17.3 Å². The number of rotatable bonds is 7. The van der Waals surface area contributed by atoms with Crippen molar-refractivity contribution in [2.45, 2.75) is 23.3 Å². The number of thiazole rings is 1. The minimum absolute atomic E-state index is 0.0601. The lowest BCUT2D eigenvalue weighted by Gasteiger charge is -2.05. The van der Waals surface area contributed by atoms with E-state index in [1.807, 2.05) is 10.8 Å². The maximum Gasteiger partial charge on any atom is 0.279 e. The highest BCUT2D eigenvalue weighted by atomic mass is 32.2. The first-order valence-corrected chi connectivity index (χ1v) is 15.1.